The number of carbonyl (C=O) groups excluding carboxylic acids is 1. The third-order valence-electron chi connectivity index (χ3n) is 3.49. The molecule has 0 bridgehead atoms. The predicted octanol–water partition coefficient (Wildman–Crippen LogP) is 2.78. The Balaban J connectivity index is 2.19. The summed E-state index contributed by atoms with van der Waals surface area (Å²) in [5.74, 6) is 0.869. The van der Waals surface area contributed by atoms with Crippen LogP contribution in [0.4, 0.5) is 0 Å². The maximum absolute atomic E-state index is 12.3. The first-order valence-corrected chi connectivity index (χ1v) is 7.29. The molecule has 2 rings (SSSR count). The van der Waals surface area contributed by atoms with E-state index in [0.29, 0.717) is 22.8 Å². The predicted molar refractivity (Wildman–Crippen MR) is 92.3 cm³/mol. The van der Waals surface area contributed by atoms with Crippen molar-refractivity contribution in [3.8, 4) is 17.2 Å². The number of amides is 1. The smallest absolute Gasteiger partial charge is 0.271 e. The van der Waals surface area contributed by atoms with Crippen molar-refractivity contribution in [3.63, 3.8) is 0 Å². The Labute approximate surface area is 141 Å². The monoisotopic (exact) mass is 328 g/mol. The summed E-state index contributed by atoms with van der Waals surface area (Å²) in [6, 6.07) is 10.9. The zero-order chi connectivity index (χ0) is 17.5. The quantitative estimate of drug-likeness (QED) is 0.654. The second-order valence-corrected chi connectivity index (χ2v) is 4.97. The molecular weight excluding hydrogens is 308 g/mol. The van der Waals surface area contributed by atoms with Crippen molar-refractivity contribution < 1.29 is 19.0 Å². The van der Waals surface area contributed by atoms with Crippen molar-refractivity contribution >= 4 is 12.1 Å². The molecule has 0 unspecified atom stereocenters. The van der Waals surface area contributed by atoms with Crippen LogP contribution >= 0.6 is 0 Å². The molecule has 0 saturated heterocycles. The molecule has 126 valence electrons. The lowest BCUT2D eigenvalue weighted by molar-refractivity contribution is 0.0954. The van der Waals surface area contributed by atoms with Crippen molar-refractivity contribution in [3.05, 3.63) is 53.1 Å². The molecule has 6 heteroatoms. The number of nitrogens with one attached hydrogen (secondary N) is 1. The molecule has 1 N–H and O–H groups in total. The third-order valence-corrected chi connectivity index (χ3v) is 3.49. The van der Waals surface area contributed by atoms with Gasteiger partial charge < -0.3 is 14.2 Å². The molecule has 0 radical (unpaired) electrons. The van der Waals surface area contributed by atoms with Gasteiger partial charge in [0.05, 0.1) is 27.5 Å². The van der Waals surface area contributed by atoms with E-state index >= 15 is 0 Å². The van der Waals surface area contributed by atoms with Gasteiger partial charge in [-0.3, -0.25) is 4.79 Å². The molecule has 0 spiro atoms. The summed E-state index contributed by atoms with van der Waals surface area (Å²) in [5, 5.41) is 3.99. The number of carbonyl (C=O) groups is 1. The Morgan fingerprint density at radius 2 is 1.67 bits per heavy atom. The summed E-state index contributed by atoms with van der Waals surface area (Å²) < 4.78 is 15.7. The standard InChI is InChI=1S/C18H20N2O4/c1-12-7-5-6-8-13(12)11-19-20-18(21)14-9-15(22-2)17(24-4)16(10-14)23-3/h5-11H,1-4H3,(H,20,21)/b19-11-. The third kappa shape index (κ3) is 3.84. The van der Waals surface area contributed by atoms with Crippen molar-refractivity contribution in [1.82, 2.24) is 5.43 Å². The lowest BCUT2D eigenvalue weighted by atomic mass is 10.1. The van der Waals surface area contributed by atoms with E-state index in [1.54, 1.807) is 18.3 Å². The van der Waals surface area contributed by atoms with Crippen LogP contribution in [0.1, 0.15) is 21.5 Å². The highest BCUT2D eigenvalue weighted by molar-refractivity contribution is 5.96. The SMILES string of the molecule is COc1cc(C(=O)N/N=C\c2ccccc2C)cc(OC)c1OC. The molecule has 0 aliphatic heterocycles. The molecule has 2 aromatic rings. The minimum Gasteiger partial charge on any atom is -0.493 e. The number of hydrogen-bond donors (Lipinski definition) is 1. The van der Waals surface area contributed by atoms with Crippen molar-refractivity contribution in [1.29, 1.82) is 0 Å². The number of benzene rings is 2. The zero-order valence-corrected chi connectivity index (χ0v) is 14.1. The summed E-state index contributed by atoms with van der Waals surface area (Å²) in [6.45, 7) is 1.97. The van der Waals surface area contributed by atoms with Crippen LogP contribution in [0.25, 0.3) is 0 Å². The largest absolute Gasteiger partial charge is 0.493 e. The lowest BCUT2D eigenvalue weighted by Crippen LogP contribution is -2.18. The van der Waals surface area contributed by atoms with E-state index in [1.165, 1.54) is 21.3 Å². The van der Waals surface area contributed by atoms with Gasteiger partial charge in [-0.15, -0.1) is 0 Å². The van der Waals surface area contributed by atoms with Gasteiger partial charge in [0.2, 0.25) is 5.75 Å². The number of methoxy groups -OCH3 is 3. The Kier molecular flexibility index (Phi) is 5.78. The topological polar surface area (TPSA) is 69.2 Å². The summed E-state index contributed by atoms with van der Waals surface area (Å²) in [7, 11) is 4.50. The number of aryl methyl sites for hydroxylation is 1. The second kappa shape index (κ2) is 8.01. The van der Waals surface area contributed by atoms with Crippen LogP contribution in [-0.4, -0.2) is 33.5 Å². The maximum atomic E-state index is 12.3. The fraction of sp³-hybridized carbons (Fsp3) is 0.222. The minimum absolute atomic E-state index is 0.353. The molecule has 1 amide bonds. The van der Waals surface area contributed by atoms with Gasteiger partial charge in [0.25, 0.3) is 5.91 Å². The van der Waals surface area contributed by atoms with E-state index in [-0.39, 0.29) is 5.91 Å². The average molecular weight is 328 g/mol. The van der Waals surface area contributed by atoms with Crippen LogP contribution in [0.15, 0.2) is 41.5 Å². The van der Waals surface area contributed by atoms with Crippen LogP contribution in [0.5, 0.6) is 17.2 Å². The molecule has 0 aromatic heterocycles. The number of hydrogen-bond acceptors (Lipinski definition) is 5. The molecule has 2 aromatic carbocycles. The van der Waals surface area contributed by atoms with Gasteiger partial charge in [0, 0.05) is 5.56 Å². The van der Waals surface area contributed by atoms with Crippen LogP contribution in [0.2, 0.25) is 0 Å². The van der Waals surface area contributed by atoms with Crippen LogP contribution in [-0.2, 0) is 0 Å². The highest BCUT2D eigenvalue weighted by Crippen LogP contribution is 2.38. The summed E-state index contributed by atoms with van der Waals surface area (Å²) in [4.78, 5) is 12.3. The molecule has 24 heavy (non-hydrogen) atoms. The summed E-state index contributed by atoms with van der Waals surface area (Å²) in [6.07, 6.45) is 1.60. The van der Waals surface area contributed by atoms with Crippen molar-refractivity contribution in [2.24, 2.45) is 5.10 Å². The van der Waals surface area contributed by atoms with Crippen molar-refractivity contribution in [2.45, 2.75) is 6.92 Å². The molecule has 0 fully saturated rings. The Bertz CT molecular complexity index is 731. The molecule has 0 aliphatic carbocycles. The molecular formula is C18H20N2O4. The van der Waals surface area contributed by atoms with Gasteiger partial charge in [-0.05, 0) is 30.2 Å². The Morgan fingerprint density at radius 1 is 1.04 bits per heavy atom. The molecule has 0 saturated carbocycles. The molecule has 6 nitrogen and oxygen atoms in total. The van der Waals surface area contributed by atoms with E-state index in [2.05, 4.69) is 10.5 Å². The fourth-order valence-electron chi connectivity index (χ4n) is 2.17. The van der Waals surface area contributed by atoms with Gasteiger partial charge in [-0.2, -0.15) is 5.10 Å². The molecule has 0 atom stereocenters. The van der Waals surface area contributed by atoms with E-state index < -0.39 is 0 Å². The number of ether oxygens (including phenoxy) is 3. The van der Waals surface area contributed by atoms with E-state index in [4.69, 9.17) is 14.2 Å². The lowest BCUT2D eigenvalue weighted by Gasteiger charge is -2.13. The first-order chi connectivity index (χ1) is 11.6. The molecule has 0 heterocycles. The maximum Gasteiger partial charge on any atom is 0.271 e. The Morgan fingerprint density at radius 3 is 2.21 bits per heavy atom. The minimum atomic E-state index is -0.376. The zero-order valence-electron chi connectivity index (χ0n) is 14.1. The summed E-state index contributed by atoms with van der Waals surface area (Å²) in [5.41, 5.74) is 4.85. The number of hydrazone groups is 1. The second-order valence-electron chi connectivity index (χ2n) is 4.97. The average Bonchev–Trinajstić information content (AvgIpc) is 2.61. The van der Waals surface area contributed by atoms with Gasteiger partial charge in [0.1, 0.15) is 0 Å². The van der Waals surface area contributed by atoms with Crippen LogP contribution < -0.4 is 19.6 Å². The highest BCUT2D eigenvalue weighted by Gasteiger charge is 2.16. The fourth-order valence-corrected chi connectivity index (χ4v) is 2.17. The summed E-state index contributed by atoms with van der Waals surface area (Å²) >= 11 is 0. The number of nitrogens with zero attached hydrogens (tertiary/aromatic N) is 1. The van der Waals surface area contributed by atoms with E-state index in [0.717, 1.165) is 11.1 Å². The van der Waals surface area contributed by atoms with Crippen LogP contribution in [0.3, 0.4) is 0 Å². The van der Waals surface area contributed by atoms with Gasteiger partial charge >= 0.3 is 0 Å². The van der Waals surface area contributed by atoms with Gasteiger partial charge in [-0.1, -0.05) is 24.3 Å². The van der Waals surface area contributed by atoms with Crippen LogP contribution in [0, 0.1) is 6.92 Å². The number of rotatable bonds is 6. The van der Waals surface area contributed by atoms with Crippen molar-refractivity contribution in [2.75, 3.05) is 21.3 Å². The molecule has 0 aliphatic rings. The van der Waals surface area contributed by atoms with Gasteiger partial charge in [0.15, 0.2) is 11.5 Å². The van der Waals surface area contributed by atoms with Gasteiger partial charge in [-0.25, -0.2) is 5.43 Å². The Hall–Kier alpha value is -3.02. The van der Waals surface area contributed by atoms with E-state index in [9.17, 15) is 4.79 Å². The first-order valence-electron chi connectivity index (χ1n) is 7.29. The first kappa shape index (κ1) is 17.3. The highest BCUT2D eigenvalue weighted by atomic mass is 16.5. The van der Waals surface area contributed by atoms with E-state index in [1.807, 2.05) is 31.2 Å². The normalized spacial score (nSPS) is 10.5.